The van der Waals surface area contributed by atoms with Gasteiger partial charge >= 0.3 is 5.97 Å². The Labute approximate surface area is 177 Å². The van der Waals surface area contributed by atoms with Gasteiger partial charge in [0.25, 0.3) is 0 Å². The van der Waals surface area contributed by atoms with Crippen LogP contribution < -0.4 is 5.73 Å². The van der Waals surface area contributed by atoms with E-state index < -0.39 is 18.6 Å². The summed E-state index contributed by atoms with van der Waals surface area (Å²) >= 11 is 0. The number of nitrogens with zero attached hydrogens (tertiary/aromatic N) is 2. The summed E-state index contributed by atoms with van der Waals surface area (Å²) in [5.74, 6) is -1.18. The van der Waals surface area contributed by atoms with Gasteiger partial charge in [-0.2, -0.15) is 0 Å². The summed E-state index contributed by atoms with van der Waals surface area (Å²) in [5.41, 5.74) is 12.6. The van der Waals surface area contributed by atoms with Gasteiger partial charge in [0.2, 0.25) is 0 Å². The first-order valence-electron chi connectivity index (χ1n) is 9.62. The first-order chi connectivity index (χ1) is 15.0. The van der Waals surface area contributed by atoms with Gasteiger partial charge in [0.15, 0.2) is 0 Å². The minimum absolute atomic E-state index is 0.505. The zero-order chi connectivity index (χ0) is 21.8. The molecule has 0 amide bonds. The van der Waals surface area contributed by atoms with E-state index in [4.69, 9.17) is 15.9 Å². The maximum atomic E-state index is 9.65. The van der Waals surface area contributed by atoms with E-state index in [1.165, 1.54) is 0 Å². The molecule has 3 aromatic heterocycles. The van der Waals surface area contributed by atoms with Crippen LogP contribution in [0.25, 0.3) is 46.4 Å². The smallest absolute Gasteiger partial charge is 0.322 e. The second-order valence-corrected chi connectivity index (χ2v) is 7.03. The summed E-state index contributed by atoms with van der Waals surface area (Å²) in [6.07, 6.45) is 8.09. The maximum absolute atomic E-state index is 9.65. The number of rotatable bonds is 2. The second-order valence-electron chi connectivity index (χ2n) is 7.03. The molecule has 0 saturated carbocycles. The number of carboxylic acids is 1. The lowest BCUT2D eigenvalue weighted by molar-refractivity contribution is -0.139. The predicted octanol–water partition coefficient (Wildman–Crippen LogP) is 3.05. The Balaban J connectivity index is 0.000000289. The van der Waals surface area contributed by atoms with Crippen LogP contribution in [0.5, 0.6) is 0 Å². The van der Waals surface area contributed by atoms with Gasteiger partial charge in [0, 0.05) is 22.1 Å². The fraction of sp³-hybridized carbons (Fsp3) is 0.0870. The molecular formula is C23H21N5O3. The topological polar surface area (TPSA) is 141 Å². The summed E-state index contributed by atoms with van der Waals surface area (Å²) in [7, 11) is 0. The van der Waals surface area contributed by atoms with Crippen molar-refractivity contribution in [1.29, 1.82) is 0 Å². The van der Waals surface area contributed by atoms with E-state index in [1.807, 2.05) is 48.6 Å². The number of aliphatic hydroxyl groups is 1. The Kier molecular flexibility index (Phi) is 5.74. The van der Waals surface area contributed by atoms with Crippen molar-refractivity contribution in [3.8, 4) is 0 Å². The van der Waals surface area contributed by atoms with Crippen molar-refractivity contribution in [3.63, 3.8) is 0 Å². The Hall–Kier alpha value is -4.01. The summed E-state index contributed by atoms with van der Waals surface area (Å²) in [4.78, 5) is 25.7. The Bertz CT molecular complexity index is 1160. The molecule has 5 rings (SSSR count). The molecule has 8 heteroatoms. The number of H-pyrrole nitrogens is 2. The van der Waals surface area contributed by atoms with Crippen LogP contribution in [-0.4, -0.2) is 48.8 Å². The summed E-state index contributed by atoms with van der Waals surface area (Å²) in [6.45, 7) is -0.505. The molecule has 1 unspecified atom stereocenters. The van der Waals surface area contributed by atoms with Crippen molar-refractivity contribution in [2.45, 2.75) is 6.04 Å². The lowest BCUT2D eigenvalue weighted by atomic mass is 10.3. The summed E-state index contributed by atoms with van der Waals surface area (Å²) in [6, 6.07) is 15.2. The maximum Gasteiger partial charge on any atom is 0.322 e. The van der Waals surface area contributed by atoms with Crippen LogP contribution in [0, 0.1) is 0 Å². The lowest BCUT2D eigenvalue weighted by Gasteiger charge is -1.96. The van der Waals surface area contributed by atoms with Gasteiger partial charge in [-0.25, -0.2) is 9.97 Å². The van der Waals surface area contributed by atoms with Gasteiger partial charge in [-0.05, 0) is 72.8 Å². The van der Waals surface area contributed by atoms with Crippen LogP contribution in [0.1, 0.15) is 22.8 Å². The van der Waals surface area contributed by atoms with E-state index >= 15 is 0 Å². The largest absolute Gasteiger partial charge is 0.480 e. The SMILES string of the molecule is C1=Cc2cc3ccc(cc4nc(cc5ccc(cc1n2)[nH]5)C=C4)[nH]3.NC(CO)C(=O)O. The molecule has 8 nitrogen and oxygen atoms in total. The van der Waals surface area contributed by atoms with Crippen LogP contribution in [0.15, 0.2) is 48.5 Å². The molecule has 0 saturated heterocycles. The van der Waals surface area contributed by atoms with Crippen molar-refractivity contribution in [3.05, 3.63) is 71.3 Å². The molecule has 0 radical (unpaired) electrons. The highest BCUT2D eigenvalue weighted by molar-refractivity contribution is 5.77. The van der Waals surface area contributed by atoms with Crippen LogP contribution in [-0.2, 0) is 4.79 Å². The lowest BCUT2D eigenvalue weighted by Crippen LogP contribution is -2.33. The van der Waals surface area contributed by atoms with Gasteiger partial charge in [0.1, 0.15) is 6.04 Å². The third-order valence-electron chi connectivity index (χ3n) is 4.56. The Morgan fingerprint density at radius 3 is 1.32 bits per heavy atom. The molecule has 156 valence electrons. The Morgan fingerprint density at radius 2 is 1.10 bits per heavy atom. The average molecular weight is 415 g/mol. The number of aromatic nitrogens is 4. The highest BCUT2D eigenvalue weighted by Gasteiger charge is 2.07. The fourth-order valence-electron chi connectivity index (χ4n) is 3.02. The summed E-state index contributed by atoms with van der Waals surface area (Å²) in [5, 5.41) is 15.9. The molecule has 6 N–H and O–H groups in total. The van der Waals surface area contributed by atoms with Gasteiger partial charge in [-0.3, -0.25) is 4.79 Å². The zero-order valence-corrected chi connectivity index (χ0v) is 16.5. The first-order valence-corrected chi connectivity index (χ1v) is 9.62. The van der Waals surface area contributed by atoms with Gasteiger partial charge < -0.3 is 25.9 Å². The molecule has 1 atom stereocenters. The monoisotopic (exact) mass is 415 g/mol. The van der Waals surface area contributed by atoms with Crippen LogP contribution >= 0.6 is 0 Å². The van der Waals surface area contributed by atoms with Crippen molar-refractivity contribution >= 4 is 52.3 Å². The molecule has 2 aliphatic rings. The van der Waals surface area contributed by atoms with Gasteiger partial charge in [-0.15, -0.1) is 0 Å². The zero-order valence-electron chi connectivity index (χ0n) is 16.5. The quantitative estimate of drug-likeness (QED) is 0.300. The summed E-state index contributed by atoms with van der Waals surface area (Å²) < 4.78 is 0. The van der Waals surface area contributed by atoms with E-state index in [9.17, 15) is 4.79 Å². The molecule has 0 fully saturated rings. The molecule has 0 aliphatic carbocycles. The van der Waals surface area contributed by atoms with Crippen molar-refractivity contribution < 1.29 is 15.0 Å². The van der Waals surface area contributed by atoms with Gasteiger partial charge in [0.05, 0.1) is 29.4 Å². The van der Waals surface area contributed by atoms with Crippen LogP contribution in [0.2, 0.25) is 0 Å². The fourth-order valence-corrected chi connectivity index (χ4v) is 3.02. The van der Waals surface area contributed by atoms with E-state index in [-0.39, 0.29) is 0 Å². The minimum atomic E-state index is -1.18. The van der Waals surface area contributed by atoms with E-state index in [0.29, 0.717) is 0 Å². The van der Waals surface area contributed by atoms with Gasteiger partial charge in [-0.1, -0.05) is 0 Å². The number of carbonyl (C=O) groups is 1. The molecule has 2 aliphatic heterocycles. The molecule has 5 heterocycles. The number of hydrogen-bond acceptors (Lipinski definition) is 5. The number of aliphatic carboxylic acids is 1. The minimum Gasteiger partial charge on any atom is -0.480 e. The van der Waals surface area contributed by atoms with Crippen molar-refractivity contribution in [2.24, 2.45) is 5.73 Å². The first kappa shape index (κ1) is 20.3. The van der Waals surface area contributed by atoms with Crippen molar-refractivity contribution in [1.82, 2.24) is 19.9 Å². The van der Waals surface area contributed by atoms with E-state index in [0.717, 1.165) is 44.8 Å². The Morgan fingerprint density at radius 1 is 0.774 bits per heavy atom. The van der Waals surface area contributed by atoms with Crippen LogP contribution in [0.3, 0.4) is 0 Å². The highest BCUT2D eigenvalue weighted by Crippen LogP contribution is 2.16. The predicted molar refractivity (Wildman–Crippen MR) is 122 cm³/mol. The standard InChI is InChI=1S/C20H14N4.C3H7NO3/c1-2-14-10-16-5-6-18(23-16)12-20-8-7-19(24-20)11-17-4-3-15(22-17)9-13(1)21-14;4-2(1-5)3(6)7/h1-12,21,24H;2,5H,1,4H2,(H,6,7). The molecule has 0 spiro atoms. The molecule has 8 bridgehead atoms. The number of hydrogen-bond donors (Lipinski definition) is 5. The third kappa shape index (κ3) is 5.13. The third-order valence-corrected chi connectivity index (χ3v) is 4.56. The molecule has 31 heavy (non-hydrogen) atoms. The molecule has 3 aromatic rings. The molecular weight excluding hydrogens is 394 g/mol. The number of fused-ring (bicyclic) bond motifs is 8. The normalized spacial score (nSPS) is 12.8. The second kappa shape index (κ2) is 8.78. The molecule has 0 aromatic carbocycles. The number of aromatic amines is 2. The average Bonchev–Trinajstić information content (AvgIpc) is 3.53. The number of nitrogens with one attached hydrogen (secondary N) is 2. The van der Waals surface area contributed by atoms with E-state index in [2.05, 4.69) is 44.2 Å². The van der Waals surface area contributed by atoms with Crippen LogP contribution in [0.4, 0.5) is 0 Å². The number of nitrogens with two attached hydrogens (primary N) is 1. The van der Waals surface area contributed by atoms with Crippen molar-refractivity contribution in [2.75, 3.05) is 6.61 Å². The highest BCUT2D eigenvalue weighted by atomic mass is 16.4. The van der Waals surface area contributed by atoms with E-state index in [1.54, 1.807) is 0 Å². The number of carboxylic acid groups (broad SMARTS) is 1. The number of aliphatic hydroxyl groups excluding tert-OH is 1.